The van der Waals surface area contributed by atoms with Crippen molar-refractivity contribution in [3.8, 4) is 0 Å². The van der Waals surface area contributed by atoms with Crippen LogP contribution in [0.5, 0.6) is 0 Å². The van der Waals surface area contributed by atoms with Crippen LogP contribution >= 0.6 is 0 Å². The fraction of sp³-hybridized carbons (Fsp3) is 0.538. The van der Waals surface area contributed by atoms with Crippen molar-refractivity contribution in [3.05, 3.63) is 23.9 Å². The third-order valence-electron chi connectivity index (χ3n) is 2.44. The smallest absolute Gasteiger partial charge is 0.368 e. The molecule has 0 saturated heterocycles. The van der Waals surface area contributed by atoms with E-state index in [9.17, 15) is 18.0 Å². The molecule has 0 radical (unpaired) electrons. The second kappa shape index (κ2) is 6.58. The summed E-state index contributed by atoms with van der Waals surface area (Å²) in [6.07, 6.45) is -4.42. The minimum atomic E-state index is -4.42. The second-order valence-corrected chi connectivity index (χ2v) is 4.64. The van der Waals surface area contributed by atoms with Crippen LogP contribution in [0.2, 0.25) is 0 Å². The summed E-state index contributed by atoms with van der Waals surface area (Å²) in [7, 11) is 0. The molecule has 0 spiro atoms. The van der Waals surface area contributed by atoms with Crippen LogP contribution in [0.15, 0.2) is 18.2 Å². The number of hydrogen-bond acceptors (Lipinski definition) is 3. The maximum Gasteiger partial charge on any atom is 0.406 e. The van der Waals surface area contributed by atoms with Gasteiger partial charge in [0.15, 0.2) is 0 Å². The SMILES string of the molecule is CCN(CC(F)(F)F)C(=O)c1cccc(NC(C)C)n1. The Morgan fingerprint density at radius 2 is 2.05 bits per heavy atom. The molecule has 1 N–H and O–H groups in total. The Bertz CT molecular complexity index is 460. The van der Waals surface area contributed by atoms with Gasteiger partial charge in [-0.2, -0.15) is 13.2 Å². The van der Waals surface area contributed by atoms with E-state index in [2.05, 4.69) is 10.3 Å². The topological polar surface area (TPSA) is 45.2 Å². The largest absolute Gasteiger partial charge is 0.406 e. The minimum Gasteiger partial charge on any atom is -0.368 e. The first kappa shape index (κ1) is 16.3. The van der Waals surface area contributed by atoms with E-state index in [0.717, 1.165) is 4.90 Å². The van der Waals surface area contributed by atoms with Gasteiger partial charge in [-0.15, -0.1) is 0 Å². The zero-order chi connectivity index (χ0) is 15.3. The molecule has 0 unspecified atom stereocenters. The predicted octanol–water partition coefficient (Wildman–Crippen LogP) is 2.93. The fourth-order valence-corrected chi connectivity index (χ4v) is 1.64. The Balaban J connectivity index is 2.89. The van der Waals surface area contributed by atoms with E-state index in [4.69, 9.17) is 0 Å². The average Bonchev–Trinajstić information content (AvgIpc) is 2.33. The molecular weight excluding hydrogens is 271 g/mol. The van der Waals surface area contributed by atoms with Gasteiger partial charge in [-0.25, -0.2) is 4.98 Å². The highest BCUT2D eigenvalue weighted by molar-refractivity contribution is 5.92. The van der Waals surface area contributed by atoms with Crippen molar-refractivity contribution >= 4 is 11.7 Å². The summed E-state index contributed by atoms with van der Waals surface area (Å²) in [5.74, 6) is -0.258. The number of carbonyl (C=O) groups excluding carboxylic acids is 1. The molecule has 0 aliphatic carbocycles. The van der Waals surface area contributed by atoms with Gasteiger partial charge in [-0.05, 0) is 32.9 Å². The molecule has 20 heavy (non-hydrogen) atoms. The van der Waals surface area contributed by atoms with Crippen molar-refractivity contribution in [2.45, 2.75) is 33.0 Å². The van der Waals surface area contributed by atoms with Crippen molar-refractivity contribution in [1.29, 1.82) is 0 Å². The van der Waals surface area contributed by atoms with Gasteiger partial charge in [0, 0.05) is 12.6 Å². The first-order valence-corrected chi connectivity index (χ1v) is 6.32. The van der Waals surface area contributed by atoms with Crippen molar-refractivity contribution in [1.82, 2.24) is 9.88 Å². The molecule has 0 atom stereocenters. The molecule has 112 valence electrons. The highest BCUT2D eigenvalue weighted by Gasteiger charge is 2.33. The molecule has 4 nitrogen and oxygen atoms in total. The van der Waals surface area contributed by atoms with E-state index in [0.29, 0.717) is 5.82 Å². The third-order valence-corrected chi connectivity index (χ3v) is 2.44. The number of nitrogens with one attached hydrogen (secondary N) is 1. The molecule has 0 saturated carbocycles. The maximum atomic E-state index is 12.4. The first-order valence-electron chi connectivity index (χ1n) is 6.32. The number of alkyl halides is 3. The lowest BCUT2D eigenvalue weighted by atomic mass is 10.3. The minimum absolute atomic E-state index is 0.00162. The van der Waals surface area contributed by atoms with Gasteiger partial charge in [0.05, 0.1) is 0 Å². The molecule has 0 aliphatic rings. The average molecular weight is 289 g/mol. The maximum absolute atomic E-state index is 12.4. The van der Waals surface area contributed by atoms with Crippen molar-refractivity contribution in [3.63, 3.8) is 0 Å². The summed E-state index contributed by atoms with van der Waals surface area (Å²) in [6, 6.07) is 4.78. The van der Waals surface area contributed by atoms with Crippen LogP contribution in [0.3, 0.4) is 0 Å². The molecular formula is C13H18F3N3O. The molecule has 7 heteroatoms. The number of carbonyl (C=O) groups is 1. The Hall–Kier alpha value is -1.79. The number of aromatic nitrogens is 1. The third kappa shape index (κ3) is 5.07. The van der Waals surface area contributed by atoms with E-state index in [1.54, 1.807) is 12.1 Å². The van der Waals surface area contributed by atoms with Crippen LogP contribution in [-0.4, -0.2) is 41.1 Å². The summed E-state index contributed by atoms with van der Waals surface area (Å²) >= 11 is 0. The molecule has 0 fully saturated rings. The number of hydrogen-bond donors (Lipinski definition) is 1. The van der Waals surface area contributed by atoms with E-state index in [-0.39, 0.29) is 18.3 Å². The molecule has 1 aromatic heterocycles. The van der Waals surface area contributed by atoms with E-state index in [1.165, 1.54) is 13.0 Å². The Morgan fingerprint density at radius 3 is 2.55 bits per heavy atom. The lowest BCUT2D eigenvalue weighted by molar-refractivity contribution is -0.140. The summed E-state index contributed by atoms with van der Waals surface area (Å²) in [5, 5.41) is 3.00. The van der Waals surface area contributed by atoms with Gasteiger partial charge in [-0.1, -0.05) is 6.07 Å². The molecule has 1 heterocycles. The van der Waals surface area contributed by atoms with Crippen LogP contribution in [0, 0.1) is 0 Å². The van der Waals surface area contributed by atoms with Crippen LogP contribution in [0.4, 0.5) is 19.0 Å². The quantitative estimate of drug-likeness (QED) is 0.906. The second-order valence-electron chi connectivity index (χ2n) is 4.64. The monoisotopic (exact) mass is 289 g/mol. The number of anilines is 1. The van der Waals surface area contributed by atoms with Crippen molar-refractivity contribution < 1.29 is 18.0 Å². The number of amides is 1. The molecule has 0 bridgehead atoms. The van der Waals surface area contributed by atoms with E-state index >= 15 is 0 Å². The molecule has 0 aromatic carbocycles. The molecule has 1 rings (SSSR count). The standard InChI is InChI=1S/C13H18F3N3O/c1-4-19(8-13(14,15)16)12(20)10-6-5-7-11(18-10)17-9(2)3/h5-7,9H,4,8H2,1-3H3,(H,17,18). The van der Waals surface area contributed by atoms with Gasteiger partial charge in [-0.3, -0.25) is 4.79 Å². The molecule has 1 aromatic rings. The molecule has 0 aliphatic heterocycles. The summed E-state index contributed by atoms with van der Waals surface area (Å²) in [4.78, 5) is 16.8. The van der Waals surface area contributed by atoms with Crippen molar-refractivity contribution in [2.75, 3.05) is 18.4 Å². The van der Waals surface area contributed by atoms with Crippen LogP contribution < -0.4 is 5.32 Å². The summed E-state index contributed by atoms with van der Waals surface area (Å²) in [5.41, 5.74) is 0.00162. The zero-order valence-electron chi connectivity index (χ0n) is 11.7. The van der Waals surface area contributed by atoms with Gasteiger partial charge in [0.2, 0.25) is 0 Å². The highest BCUT2D eigenvalue weighted by atomic mass is 19.4. The first-order chi connectivity index (χ1) is 9.23. The number of halogens is 3. The number of pyridine rings is 1. The van der Waals surface area contributed by atoms with Crippen LogP contribution in [-0.2, 0) is 0 Å². The van der Waals surface area contributed by atoms with Crippen LogP contribution in [0.25, 0.3) is 0 Å². The van der Waals surface area contributed by atoms with Gasteiger partial charge in [0.25, 0.3) is 5.91 Å². The Morgan fingerprint density at radius 1 is 1.40 bits per heavy atom. The zero-order valence-corrected chi connectivity index (χ0v) is 11.7. The van der Waals surface area contributed by atoms with Gasteiger partial charge < -0.3 is 10.2 Å². The lowest BCUT2D eigenvalue weighted by Gasteiger charge is -2.22. The number of rotatable bonds is 5. The Labute approximate surface area is 116 Å². The highest BCUT2D eigenvalue weighted by Crippen LogP contribution is 2.18. The predicted molar refractivity (Wildman–Crippen MR) is 70.6 cm³/mol. The van der Waals surface area contributed by atoms with Gasteiger partial charge >= 0.3 is 6.18 Å². The lowest BCUT2D eigenvalue weighted by Crippen LogP contribution is -2.39. The molecule has 1 amide bonds. The fourth-order valence-electron chi connectivity index (χ4n) is 1.64. The summed E-state index contributed by atoms with van der Waals surface area (Å²) < 4.78 is 37.2. The van der Waals surface area contributed by atoms with Crippen LogP contribution in [0.1, 0.15) is 31.3 Å². The summed E-state index contributed by atoms with van der Waals surface area (Å²) in [6.45, 7) is 4.00. The number of nitrogens with zero attached hydrogens (tertiary/aromatic N) is 2. The van der Waals surface area contributed by atoms with E-state index in [1.807, 2.05) is 13.8 Å². The van der Waals surface area contributed by atoms with Gasteiger partial charge in [0.1, 0.15) is 18.1 Å². The van der Waals surface area contributed by atoms with E-state index < -0.39 is 18.6 Å². The normalized spacial score (nSPS) is 11.6. The van der Waals surface area contributed by atoms with Crippen molar-refractivity contribution in [2.24, 2.45) is 0 Å². The Kier molecular flexibility index (Phi) is 5.35.